The van der Waals surface area contributed by atoms with Gasteiger partial charge in [-0.05, 0) is 36.8 Å². The summed E-state index contributed by atoms with van der Waals surface area (Å²) in [6.45, 7) is 1.47. The summed E-state index contributed by atoms with van der Waals surface area (Å²) < 4.78 is 27.6. The summed E-state index contributed by atoms with van der Waals surface area (Å²) >= 11 is 3.26. The number of hydrogen-bond acceptors (Lipinski definition) is 3. The second kappa shape index (κ2) is 6.27. The quantitative estimate of drug-likeness (QED) is 0.851. The topological polar surface area (TPSA) is 66.4 Å². The molecule has 2 rings (SSSR count). The van der Waals surface area contributed by atoms with Gasteiger partial charge in [0.25, 0.3) is 0 Å². The molecule has 2 aromatic rings. The first-order valence-electron chi connectivity index (χ1n) is 6.34. The molecule has 0 aliphatic carbocycles. The highest BCUT2D eigenvalue weighted by atomic mass is 79.9. The van der Waals surface area contributed by atoms with Crippen molar-refractivity contribution in [3.8, 4) is 0 Å². The van der Waals surface area contributed by atoms with Gasteiger partial charge in [-0.1, -0.05) is 46.3 Å². The van der Waals surface area contributed by atoms with Crippen molar-refractivity contribution in [2.75, 3.05) is 6.54 Å². The Kier molecular flexibility index (Phi) is 4.83. The Morgan fingerprint density at radius 2 is 1.67 bits per heavy atom. The molecule has 0 saturated carbocycles. The molecule has 2 N–H and O–H groups in total. The van der Waals surface area contributed by atoms with Crippen molar-refractivity contribution in [2.45, 2.75) is 17.4 Å². The van der Waals surface area contributed by atoms with Crippen LogP contribution in [0.2, 0.25) is 0 Å². The fourth-order valence-electron chi connectivity index (χ4n) is 1.83. The molecule has 0 bridgehead atoms. The van der Waals surface area contributed by atoms with Gasteiger partial charge in [0, 0.05) is 11.0 Å². The van der Waals surface area contributed by atoms with E-state index in [0.717, 1.165) is 4.47 Å². The molecule has 6 heteroatoms. The van der Waals surface area contributed by atoms with Crippen molar-refractivity contribution in [1.82, 2.24) is 4.72 Å². The summed E-state index contributed by atoms with van der Waals surface area (Å²) in [6.07, 6.45) is 0. The van der Waals surface area contributed by atoms with Gasteiger partial charge in [-0.25, -0.2) is 13.1 Å². The molecule has 21 heavy (non-hydrogen) atoms. The number of aliphatic hydroxyl groups is 1. The highest BCUT2D eigenvalue weighted by molar-refractivity contribution is 9.10. The van der Waals surface area contributed by atoms with Crippen molar-refractivity contribution in [3.63, 3.8) is 0 Å². The van der Waals surface area contributed by atoms with Crippen LogP contribution in [-0.2, 0) is 15.6 Å². The van der Waals surface area contributed by atoms with E-state index in [1.165, 1.54) is 12.1 Å². The summed E-state index contributed by atoms with van der Waals surface area (Å²) in [5, 5.41) is 10.4. The highest BCUT2D eigenvalue weighted by Gasteiger charge is 2.25. The first-order valence-corrected chi connectivity index (χ1v) is 8.62. The molecule has 0 spiro atoms. The predicted molar refractivity (Wildman–Crippen MR) is 85.3 cm³/mol. The van der Waals surface area contributed by atoms with Gasteiger partial charge in [0.15, 0.2) is 0 Å². The van der Waals surface area contributed by atoms with Crippen LogP contribution in [0.5, 0.6) is 0 Å². The van der Waals surface area contributed by atoms with Gasteiger partial charge in [-0.2, -0.15) is 0 Å². The lowest BCUT2D eigenvalue weighted by atomic mass is 9.97. The lowest BCUT2D eigenvalue weighted by Crippen LogP contribution is -2.38. The van der Waals surface area contributed by atoms with Crippen molar-refractivity contribution < 1.29 is 13.5 Å². The number of hydrogen-bond donors (Lipinski definition) is 2. The Bertz CT molecular complexity index is 697. The molecule has 0 amide bonds. The predicted octanol–water partition coefficient (Wildman–Crippen LogP) is 2.64. The smallest absolute Gasteiger partial charge is 0.240 e. The lowest BCUT2D eigenvalue weighted by Gasteiger charge is -2.24. The maximum Gasteiger partial charge on any atom is 0.240 e. The van der Waals surface area contributed by atoms with Gasteiger partial charge in [0.05, 0.1) is 4.90 Å². The van der Waals surface area contributed by atoms with Crippen LogP contribution in [0.15, 0.2) is 64.0 Å². The van der Waals surface area contributed by atoms with E-state index in [-0.39, 0.29) is 11.4 Å². The fraction of sp³-hybridized carbons (Fsp3) is 0.200. The third kappa shape index (κ3) is 4.14. The van der Waals surface area contributed by atoms with E-state index in [4.69, 9.17) is 0 Å². The summed E-state index contributed by atoms with van der Waals surface area (Å²) in [5.41, 5.74) is -0.618. The number of sulfonamides is 1. The zero-order chi connectivity index (χ0) is 15.5. The molecule has 0 aliphatic rings. The standard InChI is InChI=1S/C15H16BrNO3S/c1-15(18,12-5-3-2-4-6-12)11-17-21(19,20)14-9-7-13(16)8-10-14/h2-10,17-18H,11H2,1H3. The molecule has 0 radical (unpaired) electrons. The molecule has 0 aromatic heterocycles. The average molecular weight is 370 g/mol. The molecule has 112 valence electrons. The second-order valence-electron chi connectivity index (χ2n) is 4.92. The normalized spacial score (nSPS) is 14.6. The van der Waals surface area contributed by atoms with Gasteiger partial charge in [-0.15, -0.1) is 0 Å². The molecule has 4 nitrogen and oxygen atoms in total. The van der Waals surface area contributed by atoms with E-state index in [9.17, 15) is 13.5 Å². The Balaban J connectivity index is 2.13. The minimum atomic E-state index is -3.65. The van der Waals surface area contributed by atoms with E-state index >= 15 is 0 Å². The average Bonchev–Trinajstić information content (AvgIpc) is 2.47. The molecule has 2 aromatic carbocycles. The molecule has 0 fully saturated rings. The van der Waals surface area contributed by atoms with Gasteiger partial charge in [0.2, 0.25) is 10.0 Å². The first-order chi connectivity index (χ1) is 9.81. The van der Waals surface area contributed by atoms with Crippen LogP contribution in [-0.4, -0.2) is 20.1 Å². The van der Waals surface area contributed by atoms with Crippen LogP contribution < -0.4 is 4.72 Å². The molecule has 0 aliphatic heterocycles. The summed E-state index contributed by atoms with van der Waals surface area (Å²) in [7, 11) is -3.65. The molecule has 0 saturated heterocycles. The minimum Gasteiger partial charge on any atom is -0.384 e. The maximum absolute atomic E-state index is 12.2. The van der Waals surface area contributed by atoms with E-state index in [1.807, 2.05) is 6.07 Å². The van der Waals surface area contributed by atoms with Crippen molar-refractivity contribution in [3.05, 3.63) is 64.6 Å². The summed E-state index contributed by atoms with van der Waals surface area (Å²) in [5.74, 6) is 0. The van der Waals surface area contributed by atoms with Crippen LogP contribution in [0.25, 0.3) is 0 Å². The molecular formula is C15H16BrNO3S. The van der Waals surface area contributed by atoms with E-state index in [1.54, 1.807) is 43.3 Å². The van der Waals surface area contributed by atoms with Gasteiger partial charge in [0.1, 0.15) is 5.60 Å². The third-order valence-electron chi connectivity index (χ3n) is 3.13. The van der Waals surface area contributed by atoms with Crippen LogP contribution >= 0.6 is 15.9 Å². The maximum atomic E-state index is 12.2. The number of halogens is 1. The van der Waals surface area contributed by atoms with E-state index < -0.39 is 15.6 Å². The number of benzene rings is 2. The summed E-state index contributed by atoms with van der Waals surface area (Å²) in [4.78, 5) is 0.162. The van der Waals surface area contributed by atoms with Crippen LogP contribution in [0, 0.1) is 0 Å². The van der Waals surface area contributed by atoms with E-state index in [2.05, 4.69) is 20.7 Å². The van der Waals surface area contributed by atoms with Gasteiger partial charge in [-0.3, -0.25) is 0 Å². The molecule has 1 unspecified atom stereocenters. The zero-order valence-corrected chi connectivity index (χ0v) is 13.9. The fourth-order valence-corrected chi connectivity index (χ4v) is 3.23. The SMILES string of the molecule is CC(O)(CNS(=O)(=O)c1ccc(Br)cc1)c1ccccc1. The van der Waals surface area contributed by atoms with E-state index in [0.29, 0.717) is 5.56 Å². The minimum absolute atomic E-state index is 0.102. The monoisotopic (exact) mass is 369 g/mol. The Labute approximate surface area is 133 Å². The Morgan fingerprint density at radius 1 is 1.10 bits per heavy atom. The molecule has 0 heterocycles. The first kappa shape index (κ1) is 16.2. The number of rotatable bonds is 5. The highest BCUT2D eigenvalue weighted by Crippen LogP contribution is 2.20. The van der Waals surface area contributed by atoms with Crippen molar-refractivity contribution in [2.24, 2.45) is 0 Å². The Morgan fingerprint density at radius 3 is 2.24 bits per heavy atom. The zero-order valence-electron chi connectivity index (χ0n) is 11.5. The van der Waals surface area contributed by atoms with Crippen molar-refractivity contribution in [1.29, 1.82) is 0 Å². The van der Waals surface area contributed by atoms with Crippen molar-refractivity contribution >= 4 is 26.0 Å². The largest absolute Gasteiger partial charge is 0.384 e. The number of nitrogens with one attached hydrogen (secondary N) is 1. The summed E-state index contributed by atoms with van der Waals surface area (Å²) in [6, 6.07) is 15.3. The van der Waals surface area contributed by atoms with Crippen LogP contribution in [0.3, 0.4) is 0 Å². The second-order valence-corrected chi connectivity index (χ2v) is 7.60. The third-order valence-corrected chi connectivity index (χ3v) is 5.07. The van der Waals surface area contributed by atoms with Gasteiger partial charge >= 0.3 is 0 Å². The Hall–Kier alpha value is -1.21. The molecular weight excluding hydrogens is 354 g/mol. The van der Waals surface area contributed by atoms with Crippen LogP contribution in [0.4, 0.5) is 0 Å². The lowest BCUT2D eigenvalue weighted by molar-refractivity contribution is 0.0627. The molecule has 1 atom stereocenters. The van der Waals surface area contributed by atoms with Gasteiger partial charge < -0.3 is 5.11 Å². The van der Waals surface area contributed by atoms with Crippen LogP contribution in [0.1, 0.15) is 12.5 Å².